The van der Waals surface area contributed by atoms with Crippen LogP contribution < -0.4 is 5.32 Å². The Kier molecular flexibility index (Phi) is 2.65. The van der Waals surface area contributed by atoms with Crippen molar-refractivity contribution in [3.05, 3.63) is 29.8 Å². The van der Waals surface area contributed by atoms with Gasteiger partial charge in [-0.05, 0) is 49.5 Å². The summed E-state index contributed by atoms with van der Waals surface area (Å²) in [5.74, 6) is 1.21. The minimum Gasteiger partial charge on any atom is -0.508 e. The minimum absolute atomic E-state index is 0. The lowest BCUT2D eigenvalue weighted by Gasteiger charge is -2.23. The first kappa shape index (κ1) is 10.8. The van der Waals surface area contributed by atoms with E-state index in [2.05, 4.69) is 17.4 Å². The standard InChI is InChI=1S/C12H15NO.ClH/c14-11-3-1-9(2-4-11)12-5-6-13-8-10(12)7-12;/h1-4,10,13-14H,5-8H2;1H. The van der Waals surface area contributed by atoms with Crippen LogP contribution in [0.1, 0.15) is 18.4 Å². The average molecular weight is 226 g/mol. The fourth-order valence-electron chi connectivity index (χ4n) is 2.83. The molecule has 82 valence electrons. The van der Waals surface area contributed by atoms with Gasteiger partial charge >= 0.3 is 0 Å². The number of halogens is 1. The molecule has 2 N–H and O–H groups in total. The van der Waals surface area contributed by atoms with Crippen molar-refractivity contribution < 1.29 is 5.11 Å². The van der Waals surface area contributed by atoms with Gasteiger partial charge in [-0.15, -0.1) is 12.4 Å². The van der Waals surface area contributed by atoms with E-state index < -0.39 is 0 Å². The highest BCUT2D eigenvalue weighted by molar-refractivity contribution is 5.85. The van der Waals surface area contributed by atoms with Crippen molar-refractivity contribution in [2.45, 2.75) is 18.3 Å². The first-order valence-corrected chi connectivity index (χ1v) is 5.31. The summed E-state index contributed by atoms with van der Waals surface area (Å²) < 4.78 is 0. The number of phenols is 1. The number of hydrogen-bond donors (Lipinski definition) is 2. The van der Waals surface area contributed by atoms with Gasteiger partial charge in [-0.25, -0.2) is 0 Å². The molecule has 3 rings (SSSR count). The lowest BCUT2D eigenvalue weighted by molar-refractivity contribution is 0.443. The molecular formula is C12H16ClNO. The third kappa shape index (κ3) is 1.62. The third-order valence-electron chi connectivity index (χ3n) is 3.81. The molecule has 2 fully saturated rings. The van der Waals surface area contributed by atoms with Gasteiger partial charge < -0.3 is 10.4 Å². The lowest BCUT2D eigenvalue weighted by atomic mass is 9.88. The fourth-order valence-corrected chi connectivity index (χ4v) is 2.83. The fraction of sp³-hybridized carbons (Fsp3) is 0.500. The highest BCUT2D eigenvalue weighted by Gasteiger charge is 2.55. The highest BCUT2D eigenvalue weighted by Crippen LogP contribution is 2.57. The molecule has 3 heteroatoms. The molecule has 1 saturated carbocycles. The Labute approximate surface area is 96.1 Å². The van der Waals surface area contributed by atoms with Crippen LogP contribution in [0.4, 0.5) is 0 Å². The molecule has 2 nitrogen and oxygen atoms in total. The Bertz CT molecular complexity index is 351. The molecule has 1 aromatic rings. The molecule has 1 heterocycles. The maximum absolute atomic E-state index is 9.24. The molecule has 1 saturated heterocycles. The van der Waals surface area contributed by atoms with Gasteiger partial charge in [0, 0.05) is 5.41 Å². The van der Waals surface area contributed by atoms with Crippen LogP contribution in [0.25, 0.3) is 0 Å². The number of benzene rings is 1. The second-order valence-corrected chi connectivity index (χ2v) is 4.56. The number of fused-ring (bicyclic) bond motifs is 1. The zero-order valence-electron chi connectivity index (χ0n) is 8.57. The second kappa shape index (κ2) is 3.69. The van der Waals surface area contributed by atoms with Crippen LogP contribution in [0.3, 0.4) is 0 Å². The van der Waals surface area contributed by atoms with Gasteiger partial charge in [0.25, 0.3) is 0 Å². The molecule has 2 atom stereocenters. The number of hydrogen-bond acceptors (Lipinski definition) is 2. The van der Waals surface area contributed by atoms with Crippen molar-refractivity contribution in [3.8, 4) is 5.75 Å². The quantitative estimate of drug-likeness (QED) is 0.767. The summed E-state index contributed by atoms with van der Waals surface area (Å²) in [6.45, 7) is 2.30. The van der Waals surface area contributed by atoms with Gasteiger partial charge in [-0.1, -0.05) is 12.1 Å². The van der Waals surface area contributed by atoms with Crippen molar-refractivity contribution in [2.24, 2.45) is 5.92 Å². The summed E-state index contributed by atoms with van der Waals surface area (Å²) in [6.07, 6.45) is 2.58. The highest BCUT2D eigenvalue weighted by atomic mass is 35.5. The molecule has 1 aliphatic carbocycles. The molecule has 2 unspecified atom stereocenters. The van der Waals surface area contributed by atoms with Gasteiger partial charge in [0.1, 0.15) is 5.75 Å². The monoisotopic (exact) mass is 225 g/mol. The molecule has 0 spiro atoms. The number of piperidine rings is 1. The zero-order valence-corrected chi connectivity index (χ0v) is 9.39. The number of rotatable bonds is 1. The second-order valence-electron chi connectivity index (χ2n) is 4.56. The predicted molar refractivity (Wildman–Crippen MR) is 62.6 cm³/mol. The Morgan fingerprint density at radius 1 is 1.27 bits per heavy atom. The predicted octanol–water partition coefficient (Wildman–Crippen LogP) is 2.06. The number of phenolic OH excluding ortho intramolecular Hbond substituents is 1. The topological polar surface area (TPSA) is 32.3 Å². The molecule has 15 heavy (non-hydrogen) atoms. The summed E-state index contributed by atoms with van der Waals surface area (Å²) in [7, 11) is 0. The van der Waals surface area contributed by atoms with Crippen LogP contribution in [-0.4, -0.2) is 18.2 Å². The third-order valence-corrected chi connectivity index (χ3v) is 3.81. The molecule has 1 aliphatic heterocycles. The first-order chi connectivity index (χ1) is 6.81. The zero-order chi connectivity index (χ0) is 9.60. The Morgan fingerprint density at radius 3 is 2.67 bits per heavy atom. The van der Waals surface area contributed by atoms with Crippen molar-refractivity contribution in [1.82, 2.24) is 5.32 Å². The van der Waals surface area contributed by atoms with E-state index >= 15 is 0 Å². The number of aromatic hydroxyl groups is 1. The molecule has 0 bridgehead atoms. The normalized spacial score (nSPS) is 32.7. The summed E-state index contributed by atoms with van der Waals surface area (Å²) in [5, 5.41) is 12.7. The van der Waals surface area contributed by atoms with Crippen molar-refractivity contribution in [1.29, 1.82) is 0 Å². The molecule has 1 aromatic carbocycles. The van der Waals surface area contributed by atoms with Gasteiger partial charge in [-0.3, -0.25) is 0 Å². The van der Waals surface area contributed by atoms with E-state index in [1.807, 2.05) is 12.1 Å². The maximum atomic E-state index is 9.24. The van der Waals surface area contributed by atoms with Crippen LogP contribution in [0, 0.1) is 5.92 Å². The summed E-state index contributed by atoms with van der Waals surface area (Å²) in [4.78, 5) is 0. The maximum Gasteiger partial charge on any atom is 0.115 e. The van der Waals surface area contributed by atoms with Crippen LogP contribution in [0.5, 0.6) is 5.75 Å². The van der Waals surface area contributed by atoms with Gasteiger partial charge in [-0.2, -0.15) is 0 Å². The van der Waals surface area contributed by atoms with Gasteiger partial charge in [0.2, 0.25) is 0 Å². The van der Waals surface area contributed by atoms with Crippen molar-refractivity contribution in [3.63, 3.8) is 0 Å². The van der Waals surface area contributed by atoms with Gasteiger partial charge in [0.15, 0.2) is 0 Å². The van der Waals surface area contributed by atoms with E-state index in [1.54, 1.807) is 0 Å². The smallest absolute Gasteiger partial charge is 0.115 e. The summed E-state index contributed by atoms with van der Waals surface area (Å²) in [6, 6.07) is 7.78. The Morgan fingerprint density at radius 2 is 2.00 bits per heavy atom. The molecule has 0 amide bonds. The van der Waals surface area contributed by atoms with Crippen LogP contribution in [0.15, 0.2) is 24.3 Å². The Balaban J connectivity index is 0.000000853. The van der Waals surface area contributed by atoms with Crippen LogP contribution in [0.2, 0.25) is 0 Å². The van der Waals surface area contributed by atoms with E-state index in [0.717, 1.165) is 12.5 Å². The minimum atomic E-state index is 0. The summed E-state index contributed by atoms with van der Waals surface area (Å²) in [5.41, 5.74) is 1.88. The molecule has 2 aliphatic rings. The van der Waals surface area contributed by atoms with Gasteiger partial charge in [0.05, 0.1) is 0 Å². The van der Waals surface area contributed by atoms with Crippen LogP contribution >= 0.6 is 12.4 Å². The molecule has 0 radical (unpaired) electrons. The van der Waals surface area contributed by atoms with Crippen molar-refractivity contribution >= 4 is 12.4 Å². The van der Waals surface area contributed by atoms with E-state index in [9.17, 15) is 5.11 Å². The van der Waals surface area contributed by atoms with E-state index in [0.29, 0.717) is 11.2 Å². The van der Waals surface area contributed by atoms with E-state index in [1.165, 1.54) is 24.9 Å². The SMILES string of the molecule is Cl.Oc1ccc(C23CCNCC2C3)cc1. The molecular weight excluding hydrogens is 210 g/mol. The lowest BCUT2D eigenvalue weighted by Crippen LogP contribution is -2.31. The number of nitrogens with one attached hydrogen (secondary N) is 1. The van der Waals surface area contributed by atoms with Crippen LogP contribution in [-0.2, 0) is 5.41 Å². The van der Waals surface area contributed by atoms with Crippen molar-refractivity contribution in [2.75, 3.05) is 13.1 Å². The first-order valence-electron chi connectivity index (χ1n) is 5.31. The largest absolute Gasteiger partial charge is 0.508 e. The summed E-state index contributed by atoms with van der Waals surface area (Å²) >= 11 is 0. The molecule has 0 aromatic heterocycles. The Hall–Kier alpha value is -0.730. The van der Waals surface area contributed by atoms with E-state index in [-0.39, 0.29) is 12.4 Å². The van der Waals surface area contributed by atoms with E-state index in [4.69, 9.17) is 0 Å². The average Bonchev–Trinajstić information content (AvgIpc) is 2.94.